The third-order valence-electron chi connectivity index (χ3n) is 4.12. The van der Waals surface area contributed by atoms with Crippen LogP contribution in [0.5, 0.6) is 0 Å². The number of nitrogens with zero attached hydrogens (tertiary/aromatic N) is 2. The van der Waals surface area contributed by atoms with Crippen LogP contribution in [0, 0.1) is 6.92 Å². The molecule has 1 aliphatic rings. The quantitative estimate of drug-likeness (QED) is 0.823. The van der Waals surface area contributed by atoms with Gasteiger partial charge in [-0.3, -0.25) is 9.69 Å². The van der Waals surface area contributed by atoms with Crippen LogP contribution in [0.4, 0.5) is 4.79 Å². The van der Waals surface area contributed by atoms with Crippen molar-refractivity contribution in [2.75, 3.05) is 39.8 Å². The Morgan fingerprint density at radius 1 is 1.38 bits per heavy atom. The molecule has 1 N–H and O–H groups in total. The number of carbonyl (C=O) groups is 2. The van der Waals surface area contributed by atoms with Gasteiger partial charge in [0.2, 0.25) is 5.91 Å². The topological polar surface area (TPSA) is 75.0 Å². The lowest BCUT2D eigenvalue weighted by atomic mass is 10.2. The van der Waals surface area contributed by atoms with Crippen LogP contribution in [0.1, 0.15) is 37.3 Å². The van der Waals surface area contributed by atoms with Crippen molar-refractivity contribution >= 4 is 12.0 Å². The molecule has 24 heavy (non-hydrogen) atoms. The summed E-state index contributed by atoms with van der Waals surface area (Å²) in [5.41, 5.74) is 0. The summed E-state index contributed by atoms with van der Waals surface area (Å²) in [6, 6.07) is 3.93. The van der Waals surface area contributed by atoms with Crippen molar-refractivity contribution < 1.29 is 18.7 Å². The fourth-order valence-electron chi connectivity index (χ4n) is 2.88. The molecule has 2 amide bonds. The highest BCUT2D eigenvalue weighted by atomic mass is 16.6. The lowest BCUT2D eigenvalue weighted by Gasteiger charge is -2.26. The number of nitrogens with one attached hydrogen (secondary N) is 1. The third kappa shape index (κ3) is 4.99. The summed E-state index contributed by atoms with van der Waals surface area (Å²) in [7, 11) is 1.55. The van der Waals surface area contributed by atoms with E-state index in [0.29, 0.717) is 13.2 Å². The predicted molar refractivity (Wildman–Crippen MR) is 89.7 cm³/mol. The van der Waals surface area contributed by atoms with Crippen LogP contribution < -0.4 is 5.32 Å². The number of hydrogen-bond donors (Lipinski definition) is 1. The number of amides is 2. The van der Waals surface area contributed by atoms with Gasteiger partial charge in [0.25, 0.3) is 0 Å². The summed E-state index contributed by atoms with van der Waals surface area (Å²) in [5.74, 6) is 1.52. The second-order valence-electron chi connectivity index (χ2n) is 6.07. The van der Waals surface area contributed by atoms with Gasteiger partial charge >= 0.3 is 6.09 Å². The normalized spacial score (nSPS) is 16.0. The number of likely N-dealkylation sites (N-methyl/N-ethyl adjacent to an activating group) is 1. The minimum atomic E-state index is -0.495. The lowest BCUT2D eigenvalue weighted by molar-refractivity contribution is -0.122. The smallest absolute Gasteiger partial charge is 0.409 e. The fraction of sp³-hybridized carbons (Fsp3) is 0.647. The summed E-state index contributed by atoms with van der Waals surface area (Å²) >= 11 is 0. The van der Waals surface area contributed by atoms with Crippen molar-refractivity contribution in [3.8, 4) is 0 Å². The van der Waals surface area contributed by atoms with Crippen molar-refractivity contribution in [2.45, 2.75) is 32.7 Å². The molecular weight excluding hydrogens is 310 g/mol. The standard InChI is InChI=1S/C17H27N3O4/c1-4-23-17(22)19(3)12-16(21)18-11-14(20-9-5-6-10-20)15-8-7-13(2)24-15/h7-8,14H,4-6,9-12H2,1-3H3,(H,18,21)/t14-/m0/s1. The van der Waals surface area contributed by atoms with Gasteiger partial charge in [0.15, 0.2) is 0 Å². The van der Waals surface area contributed by atoms with Crippen molar-refractivity contribution in [1.82, 2.24) is 15.1 Å². The van der Waals surface area contributed by atoms with Crippen LogP contribution >= 0.6 is 0 Å². The second kappa shape index (κ2) is 8.73. The fourth-order valence-corrected chi connectivity index (χ4v) is 2.88. The van der Waals surface area contributed by atoms with Gasteiger partial charge in [-0.25, -0.2) is 4.79 Å². The first-order valence-electron chi connectivity index (χ1n) is 8.46. The molecule has 2 rings (SSSR count). The SMILES string of the molecule is CCOC(=O)N(C)CC(=O)NC[C@@H](c1ccc(C)o1)N1CCCC1. The number of rotatable bonds is 7. The van der Waals surface area contributed by atoms with Crippen molar-refractivity contribution in [1.29, 1.82) is 0 Å². The van der Waals surface area contributed by atoms with Gasteiger partial charge in [0.1, 0.15) is 18.1 Å². The van der Waals surface area contributed by atoms with Gasteiger partial charge in [-0.05, 0) is 51.9 Å². The molecule has 0 saturated carbocycles. The molecule has 7 nitrogen and oxygen atoms in total. The first-order valence-corrected chi connectivity index (χ1v) is 8.46. The van der Waals surface area contributed by atoms with Crippen LogP contribution in [0.3, 0.4) is 0 Å². The Hall–Kier alpha value is -2.02. The highest BCUT2D eigenvalue weighted by Gasteiger charge is 2.26. The van der Waals surface area contributed by atoms with Crippen molar-refractivity contribution in [3.63, 3.8) is 0 Å². The monoisotopic (exact) mass is 337 g/mol. The van der Waals surface area contributed by atoms with Crippen molar-refractivity contribution in [3.05, 3.63) is 23.7 Å². The van der Waals surface area contributed by atoms with Gasteiger partial charge in [0.05, 0.1) is 12.6 Å². The first-order chi connectivity index (χ1) is 11.5. The van der Waals surface area contributed by atoms with E-state index >= 15 is 0 Å². The summed E-state index contributed by atoms with van der Waals surface area (Å²) in [5, 5.41) is 2.91. The third-order valence-corrected chi connectivity index (χ3v) is 4.12. The molecule has 2 heterocycles. The molecule has 1 aromatic heterocycles. The Bertz CT molecular complexity index is 552. The molecule has 0 unspecified atom stereocenters. The Balaban J connectivity index is 1.90. The predicted octanol–water partition coefficient (Wildman–Crippen LogP) is 1.93. The minimum absolute atomic E-state index is 0.0251. The summed E-state index contributed by atoms with van der Waals surface area (Å²) < 4.78 is 10.6. The Kier molecular flexibility index (Phi) is 6.66. The van der Waals surface area contributed by atoms with Crippen LogP contribution in [-0.4, -0.2) is 61.6 Å². The maximum Gasteiger partial charge on any atom is 0.409 e. The molecule has 1 aliphatic heterocycles. The second-order valence-corrected chi connectivity index (χ2v) is 6.07. The molecule has 0 bridgehead atoms. The van der Waals surface area contributed by atoms with Gasteiger partial charge in [-0.2, -0.15) is 0 Å². The number of aryl methyl sites for hydroxylation is 1. The molecular formula is C17H27N3O4. The van der Waals surface area contributed by atoms with E-state index in [0.717, 1.165) is 37.5 Å². The van der Waals surface area contributed by atoms with E-state index in [1.165, 1.54) is 4.90 Å². The molecule has 7 heteroatoms. The van der Waals surface area contributed by atoms with E-state index < -0.39 is 6.09 Å². The van der Waals surface area contributed by atoms with E-state index in [4.69, 9.17) is 9.15 Å². The van der Waals surface area contributed by atoms with Gasteiger partial charge in [-0.15, -0.1) is 0 Å². The Morgan fingerprint density at radius 2 is 2.08 bits per heavy atom. The van der Waals surface area contributed by atoms with Gasteiger partial charge < -0.3 is 19.4 Å². The summed E-state index contributed by atoms with van der Waals surface area (Å²) in [6.45, 7) is 6.38. The molecule has 1 fully saturated rings. The lowest BCUT2D eigenvalue weighted by Crippen LogP contribution is -2.42. The summed E-state index contributed by atoms with van der Waals surface area (Å²) in [4.78, 5) is 27.3. The molecule has 1 atom stereocenters. The molecule has 1 aromatic rings. The number of ether oxygens (including phenoxy) is 1. The van der Waals surface area contributed by atoms with Gasteiger partial charge in [0, 0.05) is 13.6 Å². The zero-order valence-electron chi connectivity index (χ0n) is 14.7. The average molecular weight is 337 g/mol. The van der Waals surface area contributed by atoms with Gasteiger partial charge in [-0.1, -0.05) is 0 Å². The molecule has 134 valence electrons. The molecule has 0 spiro atoms. The molecule has 0 aliphatic carbocycles. The van der Waals surface area contributed by atoms with E-state index in [-0.39, 0.29) is 18.5 Å². The largest absolute Gasteiger partial charge is 0.465 e. The maximum absolute atomic E-state index is 12.1. The number of likely N-dealkylation sites (tertiary alicyclic amines) is 1. The zero-order chi connectivity index (χ0) is 17.5. The Morgan fingerprint density at radius 3 is 2.67 bits per heavy atom. The highest BCUT2D eigenvalue weighted by molar-refractivity contribution is 5.82. The number of carbonyl (C=O) groups excluding carboxylic acids is 2. The number of hydrogen-bond acceptors (Lipinski definition) is 5. The van der Waals surface area contributed by atoms with Crippen molar-refractivity contribution in [2.24, 2.45) is 0 Å². The number of furan rings is 1. The Labute approximate surface area is 142 Å². The maximum atomic E-state index is 12.1. The molecule has 0 radical (unpaired) electrons. The van der Waals surface area contributed by atoms with Crippen LogP contribution in [0.15, 0.2) is 16.5 Å². The van der Waals surface area contributed by atoms with E-state index in [1.807, 2.05) is 19.1 Å². The first kappa shape index (κ1) is 18.3. The van der Waals surface area contributed by atoms with E-state index in [1.54, 1.807) is 14.0 Å². The van der Waals surface area contributed by atoms with E-state index in [9.17, 15) is 9.59 Å². The van der Waals surface area contributed by atoms with Crippen LogP contribution in [-0.2, 0) is 9.53 Å². The highest BCUT2D eigenvalue weighted by Crippen LogP contribution is 2.26. The molecule has 0 aromatic carbocycles. The van der Waals surface area contributed by atoms with Crippen LogP contribution in [0.2, 0.25) is 0 Å². The average Bonchev–Trinajstić information content (AvgIpc) is 3.20. The molecule has 1 saturated heterocycles. The van der Waals surface area contributed by atoms with E-state index in [2.05, 4.69) is 10.2 Å². The zero-order valence-corrected chi connectivity index (χ0v) is 14.7. The minimum Gasteiger partial charge on any atom is -0.465 e. The van der Waals surface area contributed by atoms with Crippen LogP contribution in [0.25, 0.3) is 0 Å². The summed E-state index contributed by atoms with van der Waals surface area (Å²) in [6.07, 6.45) is 1.83.